The third-order valence-corrected chi connectivity index (χ3v) is 8.17. The minimum Gasteiger partial charge on any atom is -0.378 e. The second kappa shape index (κ2) is 8.02. The molecule has 2 atom stereocenters. The van der Waals surface area contributed by atoms with Crippen molar-refractivity contribution < 1.29 is 28.3 Å². The predicted molar refractivity (Wildman–Crippen MR) is 98.0 cm³/mol. The van der Waals surface area contributed by atoms with E-state index in [9.17, 15) is 18.3 Å². The number of hydroxylamine groups is 1. The van der Waals surface area contributed by atoms with E-state index in [1.165, 1.54) is 9.79 Å². The Hall–Kier alpha value is -1.23. The number of nitrogens with zero attached hydrogens (tertiary/aromatic N) is 1. The molecule has 10 heteroatoms. The zero-order chi connectivity index (χ0) is 19.7. The van der Waals surface area contributed by atoms with Crippen molar-refractivity contribution in [3.05, 3.63) is 34.9 Å². The minimum atomic E-state index is -3.97. The van der Waals surface area contributed by atoms with Gasteiger partial charge in [0.25, 0.3) is 5.91 Å². The quantitative estimate of drug-likeness (QED) is 0.493. The maximum absolute atomic E-state index is 13.1. The van der Waals surface area contributed by atoms with E-state index >= 15 is 0 Å². The second-order valence-electron chi connectivity index (χ2n) is 6.93. The van der Waals surface area contributed by atoms with E-state index < -0.39 is 33.4 Å². The summed E-state index contributed by atoms with van der Waals surface area (Å²) in [5.74, 6) is -1.03. The molecule has 0 aliphatic carbocycles. The fraction of sp³-hybridized carbons (Fsp3) is 0.588. The molecule has 3 N–H and O–H groups in total. The molecular weight excluding hydrogens is 396 g/mol. The van der Waals surface area contributed by atoms with Crippen LogP contribution in [0.5, 0.6) is 0 Å². The van der Waals surface area contributed by atoms with Crippen LogP contribution < -0.4 is 5.48 Å². The van der Waals surface area contributed by atoms with Crippen molar-refractivity contribution in [1.29, 1.82) is 0 Å². The molecule has 2 aliphatic rings. The van der Waals surface area contributed by atoms with Crippen molar-refractivity contribution in [1.82, 2.24) is 9.79 Å². The highest BCUT2D eigenvalue weighted by atomic mass is 35.5. The number of carbonyl (C=O) groups excluding carboxylic acids is 1. The lowest BCUT2D eigenvalue weighted by Crippen LogP contribution is -2.64. The highest BCUT2D eigenvalue weighted by molar-refractivity contribution is 7.89. The fourth-order valence-corrected chi connectivity index (χ4v) is 6.29. The van der Waals surface area contributed by atoms with Crippen LogP contribution in [-0.4, -0.2) is 66.1 Å². The van der Waals surface area contributed by atoms with Gasteiger partial charge in [-0.15, -0.1) is 0 Å². The van der Waals surface area contributed by atoms with E-state index in [1.807, 2.05) is 24.3 Å². The third kappa shape index (κ3) is 3.85. The van der Waals surface area contributed by atoms with Gasteiger partial charge in [-0.3, -0.25) is 10.0 Å². The summed E-state index contributed by atoms with van der Waals surface area (Å²) >= 11 is 6.25. The molecule has 2 aliphatic heterocycles. The van der Waals surface area contributed by atoms with Gasteiger partial charge >= 0.3 is 0 Å². The van der Waals surface area contributed by atoms with Crippen LogP contribution >= 0.6 is 11.6 Å². The van der Waals surface area contributed by atoms with Crippen molar-refractivity contribution in [2.24, 2.45) is 0 Å². The normalized spacial score (nSPS) is 28.0. The molecule has 150 valence electrons. The van der Waals surface area contributed by atoms with Crippen LogP contribution in [0, 0.1) is 0 Å². The van der Waals surface area contributed by atoms with Gasteiger partial charge in [0.05, 0.1) is 6.61 Å². The molecule has 0 bridgehead atoms. The van der Waals surface area contributed by atoms with Gasteiger partial charge in [-0.25, -0.2) is 18.2 Å². The molecule has 0 aromatic heterocycles. The summed E-state index contributed by atoms with van der Waals surface area (Å²) in [6.45, 7) is 0.166. The second-order valence-corrected chi connectivity index (χ2v) is 9.46. The van der Waals surface area contributed by atoms with Gasteiger partial charge < -0.3 is 9.84 Å². The highest BCUT2D eigenvalue weighted by Gasteiger charge is 2.54. The Balaban J connectivity index is 1.76. The zero-order valence-electron chi connectivity index (χ0n) is 14.7. The molecule has 1 aromatic carbocycles. The predicted octanol–water partition coefficient (Wildman–Crippen LogP) is 0.875. The standard InChI is InChI=1S/C17H23ClN2O6S/c18-14-4-2-1-3-13(14)12-5-8-20(9-6-12)27(24,25)15-7-10-26-11-17(15,22)16(21)19-23/h1-4,12,15,22-23H,5-11H2,(H,19,21). The number of nitrogens with one attached hydrogen (secondary N) is 1. The van der Waals surface area contributed by atoms with E-state index in [4.69, 9.17) is 21.5 Å². The fourth-order valence-electron chi connectivity index (χ4n) is 3.86. The first-order valence-corrected chi connectivity index (χ1v) is 10.7. The summed E-state index contributed by atoms with van der Waals surface area (Å²) in [6.07, 6.45) is 1.16. The Morgan fingerprint density at radius 3 is 2.56 bits per heavy atom. The van der Waals surface area contributed by atoms with Gasteiger partial charge in [-0.1, -0.05) is 29.8 Å². The van der Waals surface area contributed by atoms with Gasteiger partial charge in [0.15, 0.2) is 5.60 Å². The van der Waals surface area contributed by atoms with Crippen molar-refractivity contribution in [3.63, 3.8) is 0 Å². The van der Waals surface area contributed by atoms with Crippen LogP contribution in [0.4, 0.5) is 0 Å². The van der Waals surface area contributed by atoms with E-state index in [-0.39, 0.29) is 32.0 Å². The highest BCUT2D eigenvalue weighted by Crippen LogP contribution is 2.36. The molecule has 1 amide bonds. The Morgan fingerprint density at radius 1 is 1.26 bits per heavy atom. The third-order valence-electron chi connectivity index (χ3n) is 5.39. The number of amides is 1. The number of sulfonamides is 1. The largest absolute Gasteiger partial charge is 0.378 e. The first kappa shape index (κ1) is 20.5. The topological polar surface area (TPSA) is 116 Å². The Kier molecular flexibility index (Phi) is 6.09. The number of halogens is 1. The number of hydrogen-bond donors (Lipinski definition) is 3. The number of hydrogen-bond acceptors (Lipinski definition) is 6. The molecule has 0 radical (unpaired) electrons. The summed E-state index contributed by atoms with van der Waals surface area (Å²) in [5, 5.41) is 18.8. The Labute approximate surface area is 163 Å². The van der Waals surface area contributed by atoms with Crippen LogP contribution in [0.3, 0.4) is 0 Å². The molecule has 2 saturated heterocycles. The number of ether oxygens (including phenoxy) is 1. The lowest BCUT2D eigenvalue weighted by molar-refractivity contribution is -0.161. The molecule has 2 heterocycles. The lowest BCUT2D eigenvalue weighted by Gasteiger charge is -2.41. The summed E-state index contributed by atoms with van der Waals surface area (Å²) in [5.41, 5.74) is 0.0190. The maximum Gasteiger partial charge on any atom is 0.279 e. The van der Waals surface area contributed by atoms with Gasteiger partial charge in [-0.2, -0.15) is 0 Å². The number of carbonyl (C=O) groups is 1. The minimum absolute atomic E-state index is 0.0311. The van der Waals surface area contributed by atoms with Crippen LogP contribution in [0.1, 0.15) is 30.7 Å². The molecule has 1 aromatic rings. The number of rotatable bonds is 4. The van der Waals surface area contributed by atoms with Crippen LogP contribution in [0.15, 0.2) is 24.3 Å². The smallest absolute Gasteiger partial charge is 0.279 e. The van der Waals surface area contributed by atoms with Gasteiger partial charge in [-0.05, 0) is 36.8 Å². The van der Waals surface area contributed by atoms with Crippen molar-refractivity contribution in [2.45, 2.75) is 36.0 Å². The number of benzene rings is 1. The van der Waals surface area contributed by atoms with Crippen LogP contribution in [0.2, 0.25) is 5.02 Å². The van der Waals surface area contributed by atoms with Crippen LogP contribution in [0.25, 0.3) is 0 Å². The summed E-state index contributed by atoms with van der Waals surface area (Å²) in [7, 11) is -3.97. The van der Waals surface area contributed by atoms with E-state index in [0.717, 1.165) is 5.56 Å². The molecule has 27 heavy (non-hydrogen) atoms. The Morgan fingerprint density at radius 2 is 1.93 bits per heavy atom. The molecule has 0 spiro atoms. The summed E-state index contributed by atoms with van der Waals surface area (Å²) in [4.78, 5) is 11.9. The van der Waals surface area contributed by atoms with Crippen molar-refractivity contribution in [3.8, 4) is 0 Å². The monoisotopic (exact) mass is 418 g/mol. The average molecular weight is 419 g/mol. The van der Waals surface area contributed by atoms with Crippen molar-refractivity contribution in [2.75, 3.05) is 26.3 Å². The van der Waals surface area contributed by atoms with Gasteiger partial charge in [0, 0.05) is 24.7 Å². The van der Waals surface area contributed by atoms with Crippen molar-refractivity contribution >= 4 is 27.5 Å². The zero-order valence-corrected chi connectivity index (χ0v) is 16.2. The van der Waals surface area contributed by atoms with E-state index in [2.05, 4.69) is 0 Å². The summed E-state index contributed by atoms with van der Waals surface area (Å²) in [6, 6.07) is 7.51. The van der Waals surface area contributed by atoms with E-state index in [0.29, 0.717) is 17.9 Å². The SMILES string of the molecule is O=C(NO)C1(O)COCCC1S(=O)(=O)N1CCC(c2ccccc2Cl)CC1. The first-order chi connectivity index (χ1) is 12.8. The Bertz CT molecular complexity index is 796. The van der Waals surface area contributed by atoms with Gasteiger partial charge in [0.2, 0.25) is 10.0 Å². The first-order valence-electron chi connectivity index (χ1n) is 8.78. The summed E-state index contributed by atoms with van der Waals surface area (Å²) < 4.78 is 32.6. The number of aliphatic hydroxyl groups is 1. The average Bonchev–Trinajstić information content (AvgIpc) is 2.68. The van der Waals surface area contributed by atoms with E-state index in [1.54, 1.807) is 0 Å². The molecule has 3 rings (SSSR count). The maximum atomic E-state index is 13.1. The molecule has 2 fully saturated rings. The molecule has 0 saturated carbocycles. The molecule has 8 nitrogen and oxygen atoms in total. The lowest BCUT2D eigenvalue weighted by atomic mass is 9.90. The van der Waals surface area contributed by atoms with Crippen LogP contribution in [-0.2, 0) is 19.6 Å². The number of piperidine rings is 1. The van der Waals surface area contributed by atoms with Gasteiger partial charge in [0.1, 0.15) is 5.25 Å². The molecule has 2 unspecified atom stereocenters. The molecular formula is C17H23ClN2O6S.